The molecule has 2 aromatic heterocycles. The summed E-state index contributed by atoms with van der Waals surface area (Å²) in [6, 6.07) is 10.8. The molecule has 1 N–H and O–H groups in total. The number of imidazole rings is 1. The fourth-order valence-corrected chi connectivity index (χ4v) is 5.26. The van der Waals surface area contributed by atoms with Crippen molar-refractivity contribution < 1.29 is 28.2 Å². The minimum Gasteiger partial charge on any atom is -0.478 e. The lowest BCUT2D eigenvalue weighted by atomic mass is 10.00. The molecule has 0 radical (unpaired) electrons. The second-order valence-electron chi connectivity index (χ2n) is 10.2. The second-order valence-corrected chi connectivity index (χ2v) is 10.6. The Balaban J connectivity index is 1.17. The molecule has 0 unspecified atom stereocenters. The average Bonchev–Trinajstić information content (AvgIpc) is 3.27. The fourth-order valence-electron chi connectivity index (χ4n) is 5.10. The van der Waals surface area contributed by atoms with Gasteiger partial charge in [0.1, 0.15) is 24.1 Å². The molecule has 1 saturated heterocycles. The lowest BCUT2D eigenvalue weighted by Gasteiger charge is -2.29. The van der Waals surface area contributed by atoms with Crippen LogP contribution < -0.4 is 4.74 Å². The van der Waals surface area contributed by atoms with E-state index in [1.54, 1.807) is 36.4 Å². The fraction of sp³-hybridized carbons (Fsp3) is 0.300. The van der Waals surface area contributed by atoms with Gasteiger partial charge >= 0.3 is 5.97 Å². The summed E-state index contributed by atoms with van der Waals surface area (Å²) in [5, 5.41) is 9.77. The lowest BCUT2D eigenvalue weighted by molar-refractivity contribution is -0.0591. The van der Waals surface area contributed by atoms with Crippen LogP contribution in [-0.2, 0) is 24.4 Å². The molecule has 2 aliphatic heterocycles. The van der Waals surface area contributed by atoms with E-state index in [0.29, 0.717) is 48.7 Å². The van der Waals surface area contributed by atoms with Crippen LogP contribution in [0.25, 0.3) is 16.6 Å². The molecule has 2 aliphatic rings. The lowest BCUT2D eigenvalue weighted by Crippen LogP contribution is -2.33. The van der Waals surface area contributed by atoms with Gasteiger partial charge in [0, 0.05) is 41.9 Å². The number of hydrogen-bond donors (Lipinski definition) is 1. The Hall–Kier alpha value is -3.86. The van der Waals surface area contributed by atoms with Gasteiger partial charge < -0.3 is 19.1 Å². The molecule has 1 fully saturated rings. The zero-order valence-corrected chi connectivity index (χ0v) is 22.8. The molecule has 0 bridgehead atoms. The summed E-state index contributed by atoms with van der Waals surface area (Å²) in [4.78, 5) is 22.6. The molecule has 4 aromatic rings. The van der Waals surface area contributed by atoms with Gasteiger partial charge in [-0.3, -0.25) is 4.90 Å². The molecule has 41 heavy (non-hydrogen) atoms. The van der Waals surface area contributed by atoms with Crippen LogP contribution in [-0.4, -0.2) is 56.3 Å². The van der Waals surface area contributed by atoms with E-state index in [-0.39, 0.29) is 24.2 Å². The van der Waals surface area contributed by atoms with Crippen molar-refractivity contribution >= 4 is 34.2 Å². The highest BCUT2D eigenvalue weighted by Gasteiger charge is 2.24. The summed E-state index contributed by atoms with van der Waals surface area (Å²) in [6.45, 7) is 3.07. The Bertz CT molecular complexity index is 1650. The molecule has 0 spiro atoms. The van der Waals surface area contributed by atoms with Crippen LogP contribution >= 0.6 is 11.6 Å². The first kappa shape index (κ1) is 27.3. The van der Waals surface area contributed by atoms with E-state index in [1.165, 1.54) is 6.07 Å². The number of fused-ring (bicyclic) bond motifs is 1. The van der Waals surface area contributed by atoms with Gasteiger partial charge in [-0.25, -0.2) is 23.5 Å². The maximum absolute atomic E-state index is 14.8. The van der Waals surface area contributed by atoms with E-state index in [4.69, 9.17) is 26.1 Å². The number of carbonyl (C=O) groups is 1. The van der Waals surface area contributed by atoms with E-state index in [2.05, 4.69) is 14.5 Å². The van der Waals surface area contributed by atoms with Gasteiger partial charge in [0.15, 0.2) is 0 Å². The molecule has 0 aliphatic carbocycles. The third-order valence-corrected chi connectivity index (χ3v) is 7.71. The van der Waals surface area contributed by atoms with E-state index in [0.717, 1.165) is 41.7 Å². The zero-order valence-electron chi connectivity index (χ0n) is 22.0. The molecule has 2 aromatic carbocycles. The van der Waals surface area contributed by atoms with Crippen LogP contribution in [0.4, 0.5) is 8.78 Å². The number of pyridine rings is 1. The number of hydrogen-bond acceptors (Lipinski definition) is 6. The molecule has 6 rings (SSSR count). The average molecular weight is 581 g/mol. The molecular formula is C30H27ClF2N4O4. The number of aromatic nitrogens is 3. The maximum Gasteiger partial charge on any atom is 0.335 e. The topological polar surface area (TPSA) is 89.7 Å². The maximum atomic E-state index is 14.8. The highest BCUT2D eigenvalue weighted by molar-refractivity contribution is 6.30. The monoisotopic (exact) mass is 580 g/mol. The number of carboxylic acid groups (broad SMARTS) is 1. The first-order valence-corrected chi connectivity index (χ1v) is 13.7. The Morgan fingerprint density at radius 2 is 2.02 bits per heavy atom. The van der Waals surface area contributed by atoms with Crippen LogP contribution in [0.2, 0.25) is 5.02 Å². The summed E-state index contributed by atoms with van der Waals surface area (Å²) in [6.07, 6.45) is 4.73. The van der Waals surface area contributed by atoms with Crippen molar-refractivity contribution in [2.75, 3.05) is 19.7 Å². The van der Waals surface area contributed by atoms with Crippen molar-refractivity contribution in [2.24, 2.45) is 0 Å². The standard InChI is InChI=1S/C30H27ClF2N4O4/c31-21-3-1-20(24(32)12-21)17-41-29-13-23(25(33)14-34-29)18-5-8-36(9-6-18)16-28-35-26-4-2-19(30(38)39)11-27(26)37(28)15-22-7-10-40-22/h1-5,11-14,22H,6-10,15-17H2,(H,38,39)/t22-/m0/s1. The SMILES string of the molecule is O=C(O)c1ccc2nc(CN3CC=C(c4cc(OCc5ccc(Cl)cc5F)ncc4F)CC3)n(C[C@@H]3CCO3)c2c1. The van der Waals surface area contributed by atoms with Crippen molar-refractivity contribution in [3.8, 4) is 5.88 Å². The predicted octanol–water partition coefficient (Wildman–Crippen LogP) is 5.72. The normalized spacial score (nSPS) is 17.3. The number of carboxylic acids is 1. The summed E-state index contributed by atoms with van der Waals surface area (Å²) in [5.74, 6) is -0.886. The molecule has 0 saturated carbocycles. The number of rotatable bonds is 9. The molecule has 1 atom stereocenters. The largest absolute Gasteiger partial charge is 0.478 e. The Labute approximate surface area is 239 Å². The Morgan fingerprint density at radius 3 is 2.73 bits per heavy atom. The number of aromatic carboxylic acids is 1. The number of halogens is 3. The van der Waals surface area contributed by atoms with Crippen LogP contribution in [0.1, 0.15) is 40.2 Å². The van der Waals surface area contributed by atoms with Crippen LogP contribution in [0.15, 0.2) is 54.7 Å². The van der Waals surface area contributed by atoms with Crippen molar-refractivity contribution in [1.29, 1.82) is 0 Å². The van der Waals surface area contributed by atoms with E-state index >= 15 is 0 Å². The van der Waals surface area contributed by atoms with Gasteiger partial charge in [0.2, 0.25) is 5.88 Å². The highest BCUT2D eigenvalue weighted by atomic mass is 35.5. The second kappa shape index (κ2) is 11.6. The van der Waals surface area contributed by atoms with Gasteiger partial charge in [0.25, 0.3) is 0 Å². The molecule has 8 nitrogen and oxygen atoms in total. The number of ether oxygens (including phenoxy) is 2. The van der Waals surface area contributed by atoms with Crippen LogP contribution in [0.3, 0.4) is 0 Å². The van der Waals surface area contributed by atoms with Crippen molar-refractivity contribution in [1.82, 2.24) is 19.4 Å². The summed E-state index contributed by atoms with van der Waals surface area (Å²) in [5.41, 5.74) is 3.29. The molecule has 0 amide bonds. The van der Waals surface area contributed by atoms with Crippen LogP contribution in [0, 0.1) is 11.6 Å². The van der Waals surface area contributed by atoms with Gasteiger partial charge in [-0.2, -0.15) is 0 Å². The predicted molar refractivity (Wildman–Crippen MR) is 149 cm³/mol. The van der Waals surface area contributed by atoms with E-state index in [1.807, 2.05) is 6.08 Å². The van der Waals surface area contributed by atoms with Crippen molar-refractivity contribution in [3.63, 3.8) is 0 Å². The minimum absolute atomic E-state index is 0.0608. The summed E-state index contributed by atoms with van der Waals surface area (Å²) < 4.78 is 42.2. The number of nitrogens with zero attached hydrogens (tertiary/aromatic N) is 4. The zero-order chi connectivity index (χ0) is 28.5. The van der Waals surface area contributed by atoms with Crippen LogP contribution in [0.5, 0.6) is 5.88 Å². The molecule has 11 heteroatoms. The summed E-state index contributed by atoms with van der Waals surface area (Å²) >= 11 is 5.81. The first-order chi connectivity index (χ1) is 19.8. The number of benzene rings is 2. The minimum atomic E-state index is -0.983. The first-order valence-electron chi connectivity index (χ1n) is 13.3. The van der Waals surface area contributed by atoms with Crippen molar-refractivity contribution in [2.45, 2.75) is 38.6 Å². The van der Waals surface area contributed by atoms with E-state index in [9.17, 15) is 18.7 Å². The summed E-state index contributed by atoms with van der Waals surface area (Å²) in [7, 11) is 0. The smallest absolute Gasteiger partial charge is 0.335 e. The third kappa shape index (κ3) is 5.95. The van der Waals surface area contributed by atoms with Gasteiger partial charge in [-0.1, -0.05) is 23.7 Å². The molecule has 4 heterocycles. The third-order valence-electron chi connectivity index (χ3n) is 7.48. The van der Waals surface area contributed by atoms with Crippen molar-refractivity contribution in [3.05, 3.63) is 93.9 Å². The van der Waals surface area contributed by atoms with Gasteiger partial charge in [-0.15, -0.1) is 0 Å². The van der Waals surface area contributed by atoms with Gasteiger partial charge in [-0.05, 0) is 48.7 Å². The Morgan fingerprint density at radius 1 is 1.17 bits per heavy atom. The Kier molecular flexibility index (Phi) is 7.70. The quantitative estimate of drug-likeness (QED) is 0.271. The van der Waals surface area contributed by atoms with Gasteiger partial charge in [0.05, 0.1) is 42.0 Å². The molecule has 212 valence electrons. The highest BCUT2D eigenvalue weighted by Crippen LogP contribution is 2.29. The molecular weight excluding hydrogens is 554 g/mol. The van der Waals surface area contributed by atoms with E-state index < -0.39 is 17.6 Å².